The highest BCUT2D eigenvalue weighted by atomic mass is 16.5. The number of nitrogens with zero attached hydrogens (tertiary/aromatic N) is 3. The molecule has 2 N–H and O–H groups in total. The Balaban J connectivity index is 2.51. The summed E-state index contributed by atoms with van der Waals surface area (Å²) >= 11 is 0. The number of carbonyl (C=O) groups is 1. The van der Waals surface area contributed by atoms with Crippen LogP contribution in [0.25, 0.3) is 5.82 Å². The average Bonchev–Trinajstić information content (AvgIpc) is 2.67. The van der Waals surface area contributed by atoms with Gasteiger partial charge in [0.25, 0.3) is 0 Å². The highest BCUT2D eigenvalue weighted by Gasteiger charge is 2.15. The Bertz CT molecular complexity index is 661. The zero-order chi connectivity index (χ0) is 14.9. The summed E-state index contributed by atoms with van der Waals surface area (Å²) in [5, 5.41) is 4.42. The van der Waals surface area contributed by atoms with Crippen molar-refractivity contribution in [1.29, 1.82) is 0 Å². The molecule has 0 saturated heterocycles. The molecule has 0 aliphatic rings. The summed E-state index contributed by atoms with van der Waals surface area (Å²) in [6.07, 6.45) is 1.45. The Labute approximate surface area is 117 Å². The Kier molecular flexibility index (Phi) is 3.74. The number of anilines is 1. The van der Waals surface area contributed by atoms with E-state index in [4.69, 9.17) is 10.5 Å². The Morgan fingerprint density at radius 1 is 1.40 bits per heavy atom. The molecule has 0 bridgehead atoms. The lowest BCUT2D eigenvalue weighted by Crippen LogP contribution is -2.11. The van der Waals surface area contributed by atoms with Crippen molar-refractivity contribution in [3.05, 3.63) is 34.8 Å². The topological polar surface area (TPSA) is 83.0 Å². The third-order valence-corrected chi connectivity index (χ3v) is 3.29. The van der Waals surface area contributed by atoms with Gasteiger partial charge in [-0.25, -0.2) is 14.5 Å². The zero-order valence-corrected chi connectivity index (χ0v) is 12.1. The molecule has 106 valence electrons. The molecule has 6 heteroatoms. The maximum Gasteiger partial charge on any atom is 0.340 e. The fraction of sp³-hybridized carbons (Fsp3) is 0.357. The molecule has 0 radical (unpaired) electrons. The van der Waals surface area contributed by atoms with Gasteiger partial charge in [-0.15, -0.1) is 0 Å². The SMILES string of the molecule is CCOC(=O)c1cc(-n2nc(C)c(C)c2C)ncc1N. The number of carbonyl (C=O) groups excluding carboxylic acids is 1. The van der Waals surface area contributed by atoms with Crippen LogP contribution in [0.15, 0.2) is 12.3 Å². The Morgan fingerprint density at radius 3 is 2.65 bits per heavy atom. The molecule has 0 aromatic carbocycles. The predicted molar refractivity (Wildman–Crippen MR) is 75.9 cm³/mol. The number of pyridine rings is 1. The molecule has 0 fully saturated rings. The number of nitrogens with two attached hydrogens (primary N) is 1. The summed E-state index contributed by atoms with van der Waals surface area (Å²) in [6.45, 7) is 7.94. The molecule has 0 spiro atoms. The first-order valence-corrected chi connectivity index (χ1v) is 6.41. The molecule has 20 heavy (non-hydrogen) atoms. The van der Waals surface area contributed by atoms with Gasteiger partial charge in [0.1, 0.15) is 0 Å². The first-order valence-electron chi connectivity index (χ1n) is 6.41. The van der Waals surface area contributed by atoms with Gasteiger partial charge in [-0.1, -0.05) is 0 Å². The summed E-state index contributed by atoms with van der Waals surface area (Å²) in [5.41, 5.74) is 9.39. The van der Waals surface area contributed by atoms with Crippen LogP contribution >= 0.6 is 0 Å². The van der Waals surface area contributed by atoms with Crippen molar-refractivity contribution in [2.45, 2.75) is 27.7 Å². The van der Waals surface area contributed by atoms with Crippen LogP contribution in [0.5, 0.6) is 0 Å². The van der Waals surface area contributed by atoms with E-state index >= 15 is 0 Å². The van der Waals surface area contributed by atoms with E-state index in [2.05, 4.69) is 10.1 Å². The van der Waals surface area contributed by atoms with Crippen molar-refractivity contribution in [3.63, 3.8) is 0 Å². The highest BCUT2D eigenvalue weighted by molar-refractivity contribution is 5.95. The normalized spacial score (nSPS) is 10.6. The van der Waals surface area contributed by atoms with E-state index in [0.29, 0.717) is 23.7 Å². The molecule has 2 aromatic heterocycles. The maximum absolute atomic E-state index is 11.8. The first kappa shape index (κ1) is 14.0. The number of aryl methyl sites for hydroxylation is 1. The molecule has 2 heterocycles. The maximum atomic E-state index is 11.8. The lowest BCUT2D eigenvalue weighted by molar-refractivity contribution is 0.0527. The van der Waals surface area contributed by atoms with Crippen LogP contribution in [0.3, 0.4) is 0 Å². The minimum Gasteiger partial charge on any atom is -0.462 e. The van der Waals surface area contributed by atoms with E-state index in [9.17, 15) is 4.79 Å². The van der Waals surface area contributed by atoms with Crippen LogP contribution in [0.2, 0.25) is 0 Å². The third kappa shape index (κ3) is 2.36. The molecule has 0 unspecified atom stereocenters. The molecule has 0 amide bonds. The van der Waals surface area contributed by atoms with Crippen molar-refractivity contribution in [2.75, 3.05) is 12.3 Å². The van der Waals surface area contributed by atoms with E-state index in [1.807, 2.05) is 20.8 Å². The molecule has 2 rings (SSSR count). The summed E-state index contributed by atoms with van der Waals surface area (Å²) < 4.78 is 6.68. The number of aromatic nitrogens is 3. The van der Waals surface area contributed by atoms with Gasteiger partial charge < -0.3 is 10.5 Å². The van der Waals surface area contributed by atoms with Gasteiger partial charge in [-0.2, -0.15) is 5.10 Å². The van der Waals surface area contributed by atoms with E-state index in [1.165, 1.54) is 6.20 Å². The molecule has 0 atom stereocenters. The van der Waals surface area contributed by atoms with Gasteiger partial charge in [0.15, 0.2) is 5.82 Å². The summed E-state index contributed by atoms with van der Waals surface area (Å²) in [5.74, 6) is 0.0999. The van der Waals surface area contributed by atoms with Crippen molar-refractivity contribution in [1.82, 2.24) is 14.8 Å². The molecular formula is C14H18N4O2. The molecule has 6 nitrogen and oxygen atoms in total. The van der Waals surface area contributed by atoms with Crippen molar-refractivity contribution in [2.24, 2.45) is 0 Å². The van der Waals surface area contributed by atoms with Gasteiger partial charge in [0.05, 0.1) is 29.7 Å². The van der Waals surface area contributed by atoms with Crippen LogP contribution in [-0.4, -0.2) is 27.3 Å². The van der Waals surface area contributed by atoms with Crippen LogP contribution in [0.4, 0.5) is 5.69 Å². The highest BCUT2D eigenvalue weighted by Crippen LogP contribution is 2.19. The monoisotopic (exact) mass is 274 g/mol. The Hall–Kier alpha value is -2.37. The second-order valence-electron chi connectivity index (χ2n) is 4.56. The van der Waals surface area contributed by atoms with Crippen molar-refractivity contribution in [3.8, 4) is 5.82 Å². The predicted octanol–water partition coefficient (Wildman–Crippen LogP) is 1.95. The number of nitrogen functional groups attached to an aromatic ring is 1. The molecule has 0 aliphatic heterocycles. The lowest BCUT2D eigenvalue weighted by atomic mass is 10.2. The van der Waals surface area contributed by atoms with Gasteiger partial charge in [-0.05, 0) is 39.3 Å². The number of rotatable bonds is 3. The van der Waals surface area contributed by atoms with E-state index in [0.717, 1.165) is 17.0 Å². The van der Waals surface area contributed by atoms with E-state index in [-0.39, 0.29) is 0 Å². The number of esters is 1. The molecule has 0 saturated carbocycles. The number of hydrogen-bond acceptors (Lipinski definition) is 5. The quantitative estimate of drug-likeness (QED) is 0.865. The standard InChI is InChI=1S/C14H18N4O2/c1-5-20-14(19)11-6-13(16-7-12(11)15)18-10(4)8(2)9(3)17-18/h6-7H,5,15H2,1-4H3. The number of hydrogen-bond donors (Lipinski definition) is 1. The fourth-order valence-electron chi connectivity index (χ4n) is 1.90. The van der Waals surface area contributed by atoms with Gasteiger partial charge in [0.2, 0.25) is 0 Å². The van der Waals surface area contributed by atoms with Crippen LogP contribution < -0.4 is 5.73 Å². The summed E-state index contributed by atoms with van der Waals surface area (Å²) in [7, 11) is 0. The fourth-order valence-corrected chi connectivity index (χ4v) is 1.90. The minimum absolute atomic E-state index is 0.297. The average molecular weight is 274 g/mol. The second kappa shape index (κ2) is 5.32. The summed E-state index contributed by atoms with van der Waals surface area (Å²) in [6, 6.07) is 1.60. The zero-order valence-electron chi connectivity index (χ0n) is 12.1. The largest absolute Gasteiger partial charge is 0.462 e. The minimum atomic E-state index is -0.452. The summed E-state index contributed by atoms with van der Waals surface area (Å²) in [4.78, 5) is 16.1. The van der Waals surface area contributed by atoms with Gasteiger partial charge in [0, 0.05) is 5.69 Å². The smallest absolute Gasteiger partial charge is 0.340 e. The Morgan fingerprint density at radius 2 is 2.10 bits per heavy atom. The van der Waals surface area contributed by atoms with Crippen molar-refractivity contribution < 1.29 is 9.53 Å². The lowest BCUT2D eigenvalue weighted by Gasteiger charge is -2.08. The second-order valence-corrected chi connectivity index (χ2v) is 4.56. The van der Waals surface area contributed by atoms with Crippen molar-refractivity contribution >= 4 is 11.7 Å². The molecular weight excluding hydrogens is 256 g/mol. The van der Waals surface area contributed by atoms with Crippen LogP contribution in [0.1, 0.15) is 34.2 Å². The third-order valence-electron chi connectivity index (χ3n) is 3.29. The number of ether oxygens (including phenoxy) is 1. The first-order chi connectivity index (χ1) is 9.45. The van der Waals surface area contributed by atoms with Crippen LogP contribution in [0, 0.1) is 20.8 Å². The molecule has 0 aliphatic carbocycles. The molecule has 2 aromatic rings. The van der Waals surface area contributed by atoms with Gasteiger partial charge >= 0.3 is 5.97 Å². The van der Waals surface area contributed by atoms with Crippen LogP contribution in [-0.2, 0) is 4.74 Å². The van der Waals surface area contributed by atoms with E-state index in [1.54, 1.807) is 17.7 Å². The van der Waals surface area contributed by atoms with E-state index < -0.39 is 5.97 Å². The van der Waals surface area contributed by atoms with Gasteiger partial charge in [-0.3, -0.25) is 0 Å².